The number of hydrogen-bond donors (Lipinski definition) is 1. The third-order valence-corrected chi connectivity index (χ3v) is 3.98. The minimum absolute atomic E-state index is 0.759. The zero-order valence-corrected chi connectivity index (χ0v) is 11.5. The smallest absolute Gasteiger partial charge is 0.00637 e. The van der Waals surface area contributed by atoms with Crippen LogP contribution in [-0.2, 0) is 0 Å². The van der Waals surface area contributed by atoms with E-state index >= 15 is 0 Å². The lowest BCUT2D eigenvalue weighted by Gasteiger charge is -2.26. The topological polar surface area (TPSA) is 15.3 Å². The predicted octanol–water partition coefficient (Wildman–Crippen LogP) is 2.89. The van der Waals surface area contributed by atoms with Crippen LogP contribution >= 0.6 is 0 Å². The van der Waals surface area contributed by atoms with Crippen molar-refractivity contribution in [3.8, 4) is 0 Å². The minimum atomic E-state index is 0.759. The van der Waals surface area contributed by atoms with Gasteiger partial charge in [-0.3, -0.25) is 0 Å². The van der Waals surface area contributed by atoms with Crippen molar-refractivity contribution in [1.29, 1.82) is 0 Å². The average Bonchev–Trinajstić information content (AvgIpc) is 2.30. The molecular weight excluding hydrogens is 196 g/mol. The first-order valence-corrected chi connectivity index (χ1v) is 7.15. The molecule has 1 rings (SSSR count). The Morgan fingerprint density at radius 1 is 1.44 bits per heavy atom. The fourth-order valence-electron chi connectivity index (χ4n) is 2.66. The number of piperidine rings is 1. The van der Waals surface area contributed by atoms with E-state index in [9.17, 15) is 0 Å². The quantitative estimate of drug-likeness (QED) is 0.718. The van der Waals surface area contributed by atoms with Crippen molar-refractivity contribution in [3.05, 3.63) is 0 Å². The second-order valence-electron chi connectivity index (χ2n) is 5.47. The van der Waals surface area contributed by atoms with Crippen LogP contribution in [0.3, 0.4) is 0 Å². The number of rotatable bonds is 7. The van der Waals surface area contributed by atoms with Gasteiger partial charge in [0.05, 0.1) is 0 Å². The van der Waals surface area contributed by atoms with E-state index in [1.54, 1.807) is 0 Å². The first kappa shape index (κ1) is 14.0. The lowest BCUT2D eigenvalue weighted by Crippen LogP contribution is -2.32. The van der Waals surface area contributed by atoms with Crippen LogP contribution in [-0.4, -0.2) is 37.6 Å². The van der Waals surface area contributed by atoms with Crippen LogP contribution in [0.2, 0.25) is 0 Å². The number of nitrogens with zero attached hydrogens (tertiary/aromatic N) is 1. The van der Waals surface area contributed by atoms with Crippen molar-refractivity contribution in [2.24, 2.45) is 5.92 Å². The van der Waals surface area contributed by atoms with E-state index in [-0.39, 0.29) is 0 Å². The maximum absolute atomic E-state index is 3.50. The van der Waals surface area contributed by atoms with E-state index in [2.05, 4.69) is 31.1 Å². The highest BCUT2D eigenvalue weighted by molar-refractivity contribution is 4.70. The van der Waals surface area contributed by atoms with Gasteiger partial charge in [-0.1, -0.05) is 13.3 Å². The van der Waals surface area contributed by atoms with Crippen LogP contribution < -0.4 is 5.32 Å². The fraction of sp³-hybridized carbons (Fsp3) is 1.00. The molecule has 0 saturated carbocycles. The second kappa shape index (κ2) is 8.08. The summed E-state index contributed by atoms with van der Waals surface area (Å²) in [5.74, 6) is 0.948. The maximum atomic E-state index is 3.50. The van der Waals surface area contributed by atoms with Crippen molar-refractivity contribution >= 4 is 0 Å². The highest BCUT2D eigenvalue weighted by Gasteiger charge is 2.13. The summed E-state index contributed by atoms with van der Waals surface area (Å²) >= 11 is 0. The SMILES string of the molecule is CCCC(C)N(C)CCCC1CCCNC1. The van der Waals surface area contributed by atoms with Gasteiger partial charge >= 0.3 is 0 Å². The van der Waals surface area contributed by atoms with Gasteiger partial charge in [0.25, 0.3) is 0 Å². The Morgan fingerprint density at radius 2 is 2.25 bits per heavy atom. The molecule has 1 N–H and O–H groups in total. The Kier molecular flexibility index (Phi) is 7.06. The van der Waals surface area contributed by atoms with E-state index in [0.717, 1.165) is 12.0 Å². The van der Waals surface area contributed by atoms with Gasteiger partial charge in [0.15, 0.2) is 0 Å². The third kappa shape index (κ3) is 5.31. The van der Waals surface area contributed by atoms with Crippen LogP contribution in [0.4, 0.5) is 0 Å². The summed E-state index contributed by atoms with van der Waals surface area (Å²) in [6, 6.07) is 0.759. The highest BCUT2D eigenvalue weighted by Crippen LogP contribution is 2.16. The van der Waals surface area contributed by atoms with Crippen LogP contribution in [0.1, 0.15) is 52.4 Å². The molecule has 2 heteroatoms. The molecule has 1 heterocycles. The molecule has 0 spiro atoms. The molecule has 0 bridgehead atoms. The zero-order chi connectivity index (χ0) is 11.8. The molecule has 1 fully saturated rings. The number of hydrogen-bond acceptors (Lipinski definition) is 2. The molecule has 2 atom stereocenters. The van der Waals surface area contributed by atoms with Crippen molar-refractivity contribution in [3.63, 3.8) is 0 Å². The number of nitrogens with one attached hydrogen (secondary N) is 1. The minimum Gasteiger partial charge on any atom is -0.316 e. The summed E-state index contributed by atoms with van der Waals surface area (Å²) in [7, 11) is 2.28. The molecule has 0 aliphatic carbocycles. The third-order valence-electron chi connectivity index (χ3n) is 3.98. The molecule has 0 aromatic heterocycles. The van der Waals surface area contributed by atoms with E-state index in [1.807, 2.05) is 0 Å². The van der Waals surface area contributed by atoms with Gasteiger partial charge < -0.3 is 10.2 Å². The molecule has 96 valence electrons. The summed E-state index contributed by atoms with van der Waals surface area (Å²) in [4.78, 5) is 2.53. The Bertz CT molecular complexity index is 164. The fourth-order valence-corrected chi connectivity index (χ4v) is 2.66. The summed E-state index contributed by atoms with van der Waals surface area (Å²) in [6.45, 7) is 8.40. The summed E-state index contributed by atoms with van der Waals surface area (Å²) in [6.07, 6.45) is 8.25. The monoisotopic (exact) mass is 226 g/mol. The van der Waals surface area contributed by atoms with E-state index in [4.69, 9.17) is 0 Å². The molecule has 1 saturated heterocycles. The predicted molar refractivity (Wildman–Crippen MR) is 71.8 cm³/mol. The molecule has 1 aliphatic heterocycles. The lowest BCUT2D eigenvalue weighted by atomic mass is 9.94. The van der Waals surface area contributed by atoms with Gasteiger partial charge in [-0.15, -0.1) is 0 Å². The van der Waals surface area contributed by atoms with E-state index < -0.39 is 0 Å². The van der Waals surface area contributed by atoms with Crippen LogP contribution in [0.25, 0.3) is 0 Å². The molecule has 2 nitrogen and oxygen atoms in total. The Labute approximate surface area is 102 Å². The molecule has 2 unspecified atom stereocenters. The first-order chi connectivity index (χ1) is 7.74. The second-order valence-corrected chi connectivity index (χ2v) is 5.47. The normalized spacial score (nSPS) is 23.6. The zero-order valence-electron chi connectivity index (χ0n) is 11.5. The molecule has 0 radical (unpaired) electrons. The molecule has 16 heavy (non-hydrogen) atoms. The van der Waals surface area contributed by atoms with Gasteiger partial charge in [0, 0.05) is 6.04 Å². The molecule has 0 aromatic carbocycles. The largest absolute Gasteiger partial charge is 0.316 e. The van der Waals surface area contributed by atoms with Crippen molar-refractivity contribution in [2.45, 2.75) is 58.4 Å². The Hall–Kier alpha value is -0.0800. The van der Waals surface area contributed by atoms with Gasteiger partial charge in [-0.25, -0.2) is 0 Å². The standard InChI is InChI=1S/C14H30N2/c1-4-7-13(2)16(3)11-6-9-14-8-5-10-15-12-14/h13-15H,4-12H2,1-3H3. The van der Waals surface area contributed by atoms with Crippen LogP contribution in [0.15, 0.2) is 0 Å². The van der Waals surface area contributed by atoms with Gasteiger partial charge in [-0.05, 0) is 71.6 Å². The Morgan fingerprint density at radius 3 is 2.88 bits per heavy atom. The maximum Gasteiger partial charge on any atom is 0.00637 e. The molecule has 0 amide bonds. The lowest BCUT2D eigenvalue weighted by molar-refractivity contribution is 0.229. The average molecular weight is 226 g/mol. The van der Waals surface area contributed by atoms with Gasteiger partial charge in [0.2, 0.25) is 0 Å². The van der Waals surface area contributed by atoms with Gasteiger partial charge in [0.1, 0.15) is 0 Å². The molecule has 0 aromatic rings. The van der Waals surface area contributed by atoms with E-state index in [0.29, 0.717) is 0 Å². The van der Waals surface area contributed by atoms with Crippen LogP contribution in [0.5, 0.6) is 0 Å². The van der Waals surface area contributed by atoms with Gasteiger partial charge in [-0.2, -0.15) is 0 Å². The summed E-state index contributed by atoms with van der Waals surface area (Å²) in [5, 5.41) is 3.50. The highest BCUT2D eigenvalue weighted by atomic mass is 15.1. The molecular formula is C14H30N2. The summed E-state index contributed by atoms with van der Waals surface area (Å²) in [5.41, 5.74) is 0. The van der Waals surface area contributed by atoms with Crippen molar-refractivity contribution < 1.29 is 0 Å². The summed E-state index contributed by atoms with van der Waals surface area (Å²) < 4.78 is 0. The van der Waals surface area contributed by atoms with Crippen LogP contribution in [0, 0.1) is 5.92 Å². The van der Waals surface area contributed by atoms with Crippen molar-refractivity contribution in [1.82, 2.24) is 10.2 Å². The Balaban J connectivity index is 2.04. The van der Waals surface area contributed by atoms with E-state index in [1.165, 1.54) is 58.2 Å². The van der Waals surface area contributed by atoms with Crippen molar-refractivity contribution in [2.75, 3.05) is 26.7 Å². The first-order valence-electron chi connectivity index (χ1n) is 7.15. The molecule has 1 aliphatic rings.